The van der Waals surface area contributed by atoms with E-state index in [1.165, 1.54) is 0 Å². The third-order valence-electron chi connectivity index (χ3n) is 2.85. The molecule has 1 aromatic carbocycles. The lowest BCUT2D eigenvalue weighted by atomic mass is 10.3. The van der Waals surface area contributed by atoms with Crippen molar-refractivity contribution >= 4 is 38.0 Å². The molecule has 0 radical (unpaired) electrons. The van der Waals surface area contributed by atoms with Crippen LogP contribution in [0, 0.1) is 0 Å². The molecule has 2 aromatic rings. The summed E-state index contributed by atoms with van der Waals surface area (Å²) in [5.74, 6) is 0. The first-order valence-electron chi connectivity index (χ1n) is 5.61. The lowest BCUT2D eigenvalue weighted by Gasteiger charge is -2.31. The van der Waals surface area contributed by atoms with Crippen molar-refractivity contribution in [1.29, 1.82) is 0 Å². The van der Waals surface area contributed by atoms with E-state index >= 15 is 0 Å². The molecule has 2 unspecified atom stereocenters. The summed E-state index contributed by atoms with van der Waals surface area (Å²) in [4.78, 5) is 6.67. The van der Waals surface area contributed by atoms with E-state index in [2.05, 4.69) is 16.0 Å². The van der Waals surface area contributed by atoms with Crippen molar-refractivity contribution in [2.75, 3.05) is 24.6 Å². The fourth-order valence-corrected chi connectivity index (χ4v) is 3.49. The summed E-state index contributed by atoms with van der Waals surface area (Å²) in [6.07, 6.45) is 0. The molecule has 96 valence electrons. The summed E-state index contributed by atoms with van der Waals surface area (Å²) in [6.45, 7) is 1.82. The van der Waals surface area contributed by atoms with Gasteiger partial charge in [-0.25, -0.2) is 4.98 Å². The van der Waals surface area contributed by atoms with Crippen LogP contribution in [0.4, 0.5) is 5.13 Å². The smallest absolute Gasteiger partial charge is 0.252 e. The molecule has 7 heteroatoms. The Morgan fingerprint density at radius 2 is 2.33 bits per heavy atom. The lowest BCUT2D eigenvalue weighted by Crippen LogP contribution is -2.48. The van der Waals surface area contributed by atoms with Crippen molar-refractivity contribution in [2.24, 2.45) is 5.14 Å². The number of ether oxygens (including phenoxy) is 1. The van der Waals surface area contributed by atoms with Gasteiger partial charge in [-0.05, 0) is 12.1 Å². The molecule has 5 nitrogen and oxygen atoms in total. The quantitative estimate of drug-likeness (QED) is 0.835. The number of hydrogen-bond acceptors (Lipinski definition) is 6. The van der Waals surface area contributed by atoms with Crippen molar-refractivity contribution in [1.82, 2.24) is 4.98 Å². The van der Waals surface area contributed by atoms with Gasteiger partial charge in [0.2, 0.25) is 0 Å². The van der Waals surface area contributed by atoms with Crippen LogP contribution in [0.1, 0.15) is 0 Å². The Kier molecular flexibility index (Phi) is 3.40. The van der Waals surface area contributed by atoms with Gasteiger partial charge in [0.1, 0.15) is 0 Å². The molecule has 1 saturated heterocycles. The molecule has 0 amide bonds. The molecular weight excluding hydrogens is 270 g/mol. The van der Waals surface area contributed by atoms with Gasteiger partial charge in [0, 0.05) is 6.54 Å². The fraction of sp³-hybridized carbons (Fsp3) is 0.364. The van der Waals surface area contributed by atoms with Crippen LogP contribution in [-0.2, 0) is 16.1 Å². The maximum Gasteiger partial charge on any atom is 0.252 e. The van der Waals surface area contributed by atoms with Gasteiger partial charge in [0.15, 0.2) is 5.13 Å². The highest BCUT2D eigenvalue weighted by molar-refractivity contribution is 7.89. The molecular formula is C11H13N3O2S2. The molecule has 1 aliphatic heterocycles. The van der Waals surface area contributed by atoms with Crippen molar-refractivity contribution in [2.45, 2.75) is 5.44 Å². The van der Waals surface area contributed by atoms with E-state index in [-0.39, 0.29) is 0 Å². The first-order chi connectivity index (χ1) is 8.74. The van der Waals surface area contributed by atoms with E-state index < -0.39 is 16.8 Å². The number of rotatable bonds is 2. The van der Waals surface area contributed by atoms with Gasteiger partial charge < -0.3 is 14.2 Å². The van der Waals surface area contributed by atoms with Gasteiger partial charge in [0.05, 0.1) is 34.7 Å². The molecule has 1 aromatic heterocycles. The maximum atomic E-state index is 11.3. The predicted octanol–water partition coefficient (Wildman–Crippen LogP) is 1.08. The van der Waals surface area contributed by atoms with E-state index in [0.717, 1.165) is 21.9 Å². The summed E-state index contributed by atoms with van der Waals surface area (Å²) < 4.78 is 17.8. The third-order valence-corrected chi connectivity index (χ3v) is 4.75. The number of aromatic nitrogens is 1. The van der Waals surface area contributed by atoms with Gasteiger partial charge in [-0.1, -0.05) is 23.5 Å². The molecule has 2 heterocycles. The Bertz CT molecular complexity index is 513. The zero-order valence-electron chi connectivity index (χ0n) is 9.61. The first kappa shape index (κ1) is 12.2. The Hall–Kier alpha value is -0.860. The second kappa shape index (κ2) is 5.02. The number of nitrogens with zero attached hydrogens (tertiary/aromatic N) is 2. The van der Waals surface area contributed by atoms with Gasteiger partial charge in [-0.15, -0.1) is 0 Å². The Morgan fingerprint density at radius 3 is 3.11 bits per heavy atom. The summed E-state index contributed by atoms with van der Waals surface area (Å²) in [5, 5.41) is 6.33. The van der Waals surface area contributed by atoms with Crippen LogP contribution in [0.3, 0.4) is 0 Å². The van der Waals surface area contributed by atoms with E-state index in [1.54, 1.807) is 11.3 Å². The normalized spacial score (nSPS) is 22.3. The molecule has 18 heavy (non-hydrogen) atoms. The monoisotopic (exact) mass is 283 g/mol. The highest BCUT2D eigenvalue weighted by atomic mass is 32.2. The molecule has 3 rings (SSSR count). The highest BCUT2D eigenvalue weighted by Gasteiger charge is 2.29. The summed E-state index contributed by atoms with van der Waals surface area (Å²) >= 11 is 0.186. The SMILES string of the molecule is N[S+]([O-])C1CN(c2nc3ccccc3s2)CCO1. The summed E-state index contributed by atoms with van der Waals surface area (Å²) in [5.41, 5.74) is 0.570. The topological polar surface area (TPSA) is 74.4 Å². The van der Waals surface area contributed by atoms with Gasteiger partial charge in [0.25, 0.3) is 5.44 Å². The molecule has 2 N–H and O–H groups in total. The number of benzene rings is 1. The van der Waals surface area contributed by atoms with Crippen LogP contribution in [0.15, 0.2) is 24.3 Å². The van der Waals surface area contributed by atoms with Crippen molar-refractivity contribution in [3.05, 3.63) is 24.3 Å². The van der Waals surface area contributed by atoms with E-state index in [4.69, 9.17) is 9.88 Å². The molecule has 1 fully saturated rings. The van der Waals surface area contributed by atoms with Crippen LogP contribution in [-0.4, -0.2) is 34.7 Å². The van der Waals surface area contributed by atoms with Gasteiger partial charge >= 0.3 is 0 Å². The largest absolute Gasteiger partial charge is 0.596 e. The molecule has 0 bridgehead atoms. The minimum absolute atomic E-state index is 0.425. The average Bonchev–Trinajstić information content (AvgIpc) is 2.82. The minimum atomic E-state index is -1.45. The number of hydrogen-bond donors (Lipinski definition) is 1. The number of anilines is 1. The molecule has 1 aliphatic rings. The average molecular weight is 283 g/mol. The zero-order chi connectivity index (χ0) is 12.5. The number of morpholine rings is 1. The molecule has 2 atom stereocenters. The van der Waals surface area contributed by atoms with Gasteiger partial charge in [-0.3, -0.25) is 0 Å². The fourth-order valence-electron chi connectivity index (χ4n) is 1.93. The second-order valence-electron chi connectivity index (χ2n) is 4.04. The summed E-state index contributed by atoms with van der Waals surface area (Å²) in [6, 6.07) is 8.02. The summed E-state index contributed by atoms with van der Waals surface area (Å²) in [7, 11) is 0. The van der Waals surface area contributed by atoms with Crippen LogP contribution >= 0.6 is 11.3 Å². The molecule has 0 spiro atoms. The van der Waals surface area contributed by atoms with Crippen molar-refractivity contribution in [3.63, 3.8) is 0 Å². The predicted molar refractivity (Wildman–Crippen MR) is 73.9 cm³/mol. The number of fused-ring (bicyclic) bond motifs is 1. The van der Waals surface area contributed by atoms with Crippen LogP contribution < -0.4 is 10.0 Å². The lowest BCUT2D eigenvalue weighted by molar-refractivity contribution is 0.0912. The van der Waals surface area contributed by atoms with E-state index in [9.17, 15) is 4.55 Å². The van der Waals surface area contributed by atoms with E-state index in [0.29, 0.717) is 13.2 Å². The number of nitrogens with two attached hydrogens (primary N) is 1. The Labute approximate surface area is 112 Å². The van der Waals surface area contributed by atoms with Crippen molar-refractivity contribution in [3.8, 4) is 0 Å². The standard InChI is InChI=1S/C11H13N3O2S2/c12-18(15)10-7-14(5-6-16-10)11-13-8-3-1-2-4-9(8)17-11/h1-4,10H,5-7,12H2. The number of para-hydroxylation sites is 1. The molecule has 0 aliphatic carbocycles. The highest BCUT2D eigenvalue weighted by Crippen LogP contribution is 2.29. The van der Waals surface area contributed by atoms with E-state index in [1.807, 2.05) is 18.2 Å². The van der Waals surface area contributed by atoms with Crippen molar-refractivity contribution < 1.29 is 9.29 Å². The number of thiazole rings is 1. The molecule has 0 saturated carbocycles. The second-order valence-corrected chi connectivity index (χ2v) is 6.23. The maximum absolute atomic E-state index is 11.3. The third kappa shape index (κ3) is 2.32. The van der Waals surface area contributed by atoms with Crippen LogP contribution in [0.2, 0.25) is 0 Å². The van der Waals surface area contributed by atoms with Gasteiger partial charge in [-0.2, -0.15) is 5.14 Å². The van der Waals surface area contributed by atoms with Crippen LogP contribution in [0.25, 0.3) is 10.2 Å². The zero-order valence-corrected chi connectivity index (χ0v) is 11.2. The van der Waals surface area contributed by atoms with Crippen LogP contribution in [0.5, 0.6) is 0 Å². The first-order valence-corrected chi connectivity index (χ1v) is 7.70. The Balaban J connectivity index is 1.85. The minimum Gasteiger partial charge on any atom is -0.596 e. The Morgan fingerprint density at radius 1 is 1.50 bits per heavy atom.